The van der Waals surface area contributed by atoms with E-state index in [2.05, 4.69) is 26.8 Å². The molecule has 0 N–H and O–H groups in total. The number of hydrogen-bond acceptors (Lipinski definition) is 2. The minimum Gasteiger partial charge on any atom is -0.493 e. The van der Waals surface area contributed by atoms with E-state index in [1.54, 1.807) is 0 Å². The summed E-state index contributed by atoms with van der Waals surface area (Å²) in [7, 11) is 0. The molecule has 0 fully saturated rings. The van der Waals surface area contributed by atoms with Crippen LogP contribution in [0.25, 0.3) is 0 Å². The van der Waals surface area contributed by atoms with Crippen LogP contribution in [0.15, 0.2) is 18.2 Å². The molecule has 0 radical (unpaired) electrons. The summed E-state index contributed by atoms with van der Waals surface area (Å²) in [6, 6.07) is 5.92. The Kier molecular flexibility index (Phi) is 5.75. The van der Waals surface area contributed by atoms with Crippen molar-refractivity contribution in [3.63, 3.8) is 0 Å². The molecule has 1 rings (SSSR count). The average molecular weight is 234 g/mol. The van der Waals surface area contributed by atoms with Gasteiger partial charge in [-0.15, -0.1) is 0 Å². The molecule has 0 saturated carbocycles. The van der Waals surface area contributed by atoms with E-state index in [-0.39, 0.29) is 0 Å². The summed E-state index contributed by atoms with van der Waals surface area (Å²) >= 11 is 0. The van der Waals surface area contributed by atoms with Gasteiger partial charge in [0.1, 0.15) is 5.75 Å². The van der Waals surface area contributed by atoms with Crippen LogP contribution in [0.4, 0.5) is 0 Å². The lowest BCUT2D eigenvalue weighted by molar-refractivity contribution is 0.111. The van der Waals surface area contributed by atoms with Crippen molar-refractivity contribution in [1.29, 1.82) is 0 Å². The molecule has 0 bridgehead atoms. The number of benzene rings is 1. The molecule has 1 atom stereocenters. The molecular formula is C15H22O2. The zero-order valence-corrected chi connectivity index (χ0v) is 11.0. The summed E-state index contributed by atoms with van der Waals surface area (Å²) in [5, 5.41) is 0. The molecule has 2 heteroatoms. The van der Waals surface area contributed by atoms with Gasteiger partial charge in [-0.05, 0) is 36.5 Å². The molecule has 94 valence electrons. The highest BCUT2D eigenvalue weighted by Gasteiger charge is 2.08. The van der Waals surface area contributed by atoms with E-state index in [1.165, 1.54) is 5.56 Å². The van der Waals surface area contributed by atoms with Crippen molar-refractivity contribution in [2.45, 2.75) is 46.0 Å². The molecule has 0 aliphatic rings. The van der Waals surface area contributed by atoms with Gasteiger partial charge in [-0.25, -0.2) is 0 Å². The first-order valence-corrected chi connectivity index (χ1v) is 6.44. The highest BCUT2D eigenvalue weighted by Crippen LogP contribution is 2.25. The quantitative estimate of drug-likeness (QED) is 0.522. The molecule has 1 unspecified atom stereocenters. The van der Waals surface area contributed by atoms with E-state index in [9.17, 15) is 4.79 Å². The monoisotopic (exact) mass is 234 g/mol. The van der Waals surface area contributed by atoms with Crippen molar-refractivity contribution >= 4 is 6.29 Å². The van der Waals surface area contributed by atoms with Crippen molar-refractivity contribution in [3.05, 3.63) is 29.3 Å². The third kappa shape index (κ3) is 3.88. The van der Waals surface area contributed by atoms with Crippen molar-refractivity contribution < 1.29 is 9.53 Å². The Morgan fingerprint density at radius 1 is 1.35 bits per heavy atom. The second-order valence-corrected chi connectivity index (χ2v) is 4.43. The maximum Gasteiger partial charge on any atom is 0.153 e. The Morgan fingerprint density at radius 3 is 2.71 bits per heavy atom. The van der Waals surface area contributed by atoms with Gasteiger partial charge >= 0.3 is 0 Å². The van der Waals surface area contributed by atoms with E-state index in [1.807, 2.05) is 12.1 Å². The molecule has 0 saturated heterocycles. The minimum absolute atomic E-state index is 0.485. The van der Waals surface area contributed by atoms with E-state index >= 15 is 0 Å². The number of rotatable bonds is 7. The molecule has 0 spiro atoms. The van der Waals surface area contributed by atoms with Crippen LogP contribution < -0.4 is 4.74 Å². The second kappa shape index (κ2) is 7.10. The molecule has 17 heavy (non-hydrogen) atoms. The number of hydrogen-bond donors (Lipinski definition) is 0. The number of aldehydes is 1. The highest BCUT2D eigenvalue weighted by atomic mass is 16.5. The number of ether oxygens (including phenoxy) is 1. The van der Waals surface area contributed by atoms with Gasteiger partial charge in [0.2, 0.25) is 0 Å². The summed E-state index contributed by atoms with van der Waals surface area (Å²) in [6.45, 7) is 7.12. The lowest BCUT2D eigenvalue weighted by atomic mass is 9.97. The number of carbonyl (C=O) groups excluding carboxylic acids is 1. The molecule has 0 heterocycles. The molecule has 0 aliphatic carbocycles. The van der Waals surface area contributed by atoms with Gasteiger partial charge in [-0.2, -0.15) is 0 Å². The summed E-state index contributed by atoms with van der Waals surface area (Å²) in [6.07, 6.45) is 4.08. The first-order chi connectivity index (χ1) is 8.22. The van der Waals surface area contributed by atoms with Gasteiger partial charge in [0.25, 0.3) is 0 Å². The summed E-state index contributed by atoms with van der Waals surface area (Å²) in [4.78, 5) is 11.0. The minimum atomic E-state index is 0.485. The van der Waals surface area contributed by atoms with Gasteiger partial charge in [0.15, 0.2) is 6.29 Å². The molecule has 2 nitrogen and oxygen atoms in total. The van der Waals surface area contributed by atoms with Crippen LogP contribution in [0.2, 0.25) is 0 Å². The summed E-state index contributed by atoms with van der Waals surface area (Å²) in [5.74, 6) is 1.19. The summed E-state index contributed by atoms with van der Waals surface area (Å²) in [5.41, 5.74) is 1.87. The largest absolute Gasteiger partial charge is 0.493 e. The normalized spacial score (nSPS) is 12.2. The van der Waals surface area contributed by atoms with Gasteiger partial charge in [-0.1, -0.05) is 33.3 Å². The maximum absolute atomic E-state index is 11.0. The van der Waals surface area contributed by atoms with Crippen molar-refractivity contribution in [2.24, 2.45) is 0 Å². The van der Waals surface area contributed by atoms with E-state index in [0.717, 1.165) is 25.5 Å². The fourth-order valence-corrected chi connectivity index (χ4v) is 1.66. The first kappa shape index (κ1) is 13.8. The Balaban J connectivity index is 2.81. The maximum atomic E-state index is 11.0. The second-order valence-electron chi connectivity index (χ2n) is 4.43. The molecule has 0 aliphatic heterocycles. The first-order valence-electron chi connectivity index (χ1n) is 6.44. The smallest absolute Gasteiger partial charge is 0.153 e. The van der Waals surface area contributed by atoms with Gasteiger partial charge < -0.3 is 4.74 Å². The van der Waals surface area contributed by atoms with Crippen LogP contribution in [-0.4, -0.2) is 12.9 Å². The van der Waals surface area contributed by atoms with Crippen LogP contribution in [0.1, 0.15) is 61.9 Å². The third-order valence-corrected chi connectivity index (χ3v) is 3.10. The predicted octanol–water partition coefficient (Wildman–Crippen LogP) is 4.19. The van der Waals surface area contributed by atoms with Crippen LogP contribution in [0.3, 0.4) is 0 Å². The van der Waals surface area contributed by atoms with E-state index in [0.29, 0.717) is 23.8 Å². The fourth-order valence-electron chi connectivity index (χ4n) is 1.66. The summed E-state index contributed by atoms with van der Waals surface area (Å²) < 4.78 is 5.61. The van der Waals surface area contributed by atoms with Gasteiger partial charge in [0, 0.05) is 0 Å². The average Bonchev–Trinajstić information content (AvgIpc) is 2.38. The van der Waals surface area contributed by atoms with Gasteiger partial charge in [0.05, 0.1) is 12.2 Å². The lowest BCUT2D eigenvalue weighted by Gasteiger charge is -2.13. The Labute approximate surface area is 104 Å². The molecule has 0 aromatic heterocycles. The zero-order chi connectivity index (χ0) is 12.7. The number of unbranched alkanes of at least 4 members (excludes halogenated alkanes) is 1. The van der Waals surface area contributed by atoms with Crippen LogP contribution in [-0.2, 0) is 0 Å². The standard InChI is InChI=1S/C15H22O2/c1-4-6-9-17-15-8-7-13(12(3)5-2)10-14(15)11-16/h7-8,10-12H,4-6,9H2,1-3H3. The molecule has 1 aromatic carbocycles. The van der Waals surface area contributed by atoms with E-state index < -0.39 is 0 Å². The Hall–Kier alpha value is -1.31. The lowest BCUT2D eigenvalue weighted by Crippen LogP contribution is -2.01. The van der Waals surface area contributed by atoms with E-state index in [4.69, 9.17) is 4.74 Å². The predicted molar refractivity (Wildman–Crippen MR) is 70.9 cm³/mol. The van der Waals surface area contributed by atoms with Crippen molar-refractivity contribution in [1.82, 2.24) is 0 Å². The van der Waals surface area contributed by atoms with Crippen molar-refractivity contribution in [3.8, 4) is 5.75 Å². The third-order valence-electron chi connectivity index (χ3n) is 3.10. The molecule has 0 amide bonds. The van der Waals surface area contributed by atoms with Crippen LogP contribution in [0.5, 0.6) is 5.75 Å². The van der Waals surface area contributed by atoms with Crippen LogP contribution in [0, 0.1) is 0 Å². The topological polar surface area (TPSA) is 26.3 Å². The SMILES string of the molecule is CCCCOc1ccc(C(C)CC)cc1C=O. The fraction of sp³-hybridized carbons (Fsp3) is 0.533. The molecule has 1 aromatic rings. The Morgan fingerprint density at radius 2 is 2.12 bits per heavy atom. The van der Waals surface area contributed by atoms with Crippen molar-refractivity contribution in [2.75, 3.05) is 6.61 Å². The highest BCUT2D eigenvalue weighted by molar-refractivity contribution is 5.79. The molecular weight excluding hydrogens is 212 g/mol. The Bertz CT molecular complexity index is 358. The van der Waals surface area contributed by atoms with Crippen LogP contribution >= 0.6 is 0 Å². The zero-order valence-electron chi connectivity index (χ0n) is 11.0. The van der Waals surface area contributed by atoms with Gasteiger partial charge in [-0.3, -0.25) is 4.79 Å². The number of carbonyl (C=O) groups is 1.